The van der Waals surface area contributed by atoms with Crippen LogP contribution in [0.3, 0.4) is 0 Å². The number of thioether (sulfide) groups is 1. The van der Waals surface area contributed by atoms with Gasteiger partial charge in [-0.15, -0.1) is 16.3 Å². The smallest absolute Gasteiger partial charge is 0.287 e. The molecule has 4 aromatic rings. The van der Waals surface area contributed by atoms with Crippen LogP contribution in [0.5, 0.6) is 0 Å². The second-order valence-corrected chi connectivity index (χ2v) is 7.66. The van der Waals surface area contributed by atoms with E-state index < -0.39 is 0 Å². The molecule has 2 heterocycles. The summed E-state index contributed by atoms with van der Waals surface area (Å²) in [7, 11) is 0. The number of nitrogens with zero attached hydrogens (tertiary/aromatic N) is 2. The molecular weight excluding hydrogens is 386 g/mol. The molecule has 0 saturated heterocycles. The number of fused-ring (bicyclic) bond motifs is 1. The lowest BCUT2D eigenvalue weighted by Gasteiger charge is -2.12. The predicted octanol–water partition coefficient (Wildman–Crippen LogP) is 4.45. The van der Waals surface area contributed by atoms with Crippen molar-refractivity contribution in [2.24, 2.45) is 0 Å². The number of hydrogen-bond donors (Lipinski definition) is 1. The first-order chi connectivity index (χ1) is 14.0. The van der Waals surface area contributed by atoms with Gasteiger partial charge in [0, 0.05) is 28.3 Å². The highest BCUT2D eigenvalue weighted by atomic mass is 32.2. The molecule has 0 atom stereocenters. The van der Waals surface area contributed by atoms with Gasteiger partial charge in [-0.2, -0.15) is 0 Å². The van der Waals surface area contributed by atoms with E-state index >= 15 is 0 Å². The molecule has 0 fully saturated rings. The van der Waals surface area contributed by atoms with Crippen molar-refractivity contribution >= 4 is 29.0 Å². The molecule has 2 aromatic carbocycles. The number of aryl methyl sites for hydroxylation is 2. The van der Waals surface area contributed by atoms with Crippen molar-refractivity contribution in [1.82, 2.24) is 9.56 Å². The second-order valence-electron chi connectivity index (χ2n) is 6.64. The molecule has 0 saturated carbocycles. The van der Waals surface area contributed by atoms with E-state index in [1.165, 1.54) is 22.4 Å². The van der Waals surface area contributed by atoms with Crippen LogP contribution in [0, 0.1) is 13.8 Å². The number of nitrogens with one attached hydrogen (secondary N) is 1. The molecule has 1 amide bonds. The lowest BCUT2D eigenvalue weighted by atomic mass is 10.1. The molecule has 0 aliphatic rings. The normalized spacial score (nSPS) is 11.0. The van der Waals surface area contributed by atoms with Gasteiger partial charge in [-0.3, -0.25) is 9.59 Å². The van der Waals surface area contributed by atoms with Crippen LogP contribution >= 0.6 is 11.8 Å². The average molecular weight is 405 g/mol. The van der Waals surface area contributed by atoms with E-state index in [0.29, 0.717) is 28.4 Å². The van der Waals surface area contributed by atoms with Crippen molar-refractivity contribution in [3.05, 3.63) is 93.6 Å². The lowest BCUT2D eigenvalue weighted by molar-refractivity contribution is 0.102. The molecule has 0 unspecified atom stereocenters. The van der Waals surface area contributed by atoms with E-state index in [-0.39, 0.29) is 11.5 Å². The number of anilines is 1. The van der Waals surface area contributed by atoms with E-state index in [1.807, 2.05) is 49.4 Å². The number of para-hydroxylation sites is 1. The molecule has 6 nitrogen and oxygen atoms in total. The Hall–Kier alpha value is -3.32. The lowest BCUT2D eigenvalue weighted by Crippen LogP contribution is -2.14. The van der Waals surface area contributed by atoms with E-state index in [9.17, 15) is 9.59 Å². The number of rotatable bonds is 5. The van der Waals surface area contributed by atoms with Crippen molar-refractivity contribution in [2.75, 3.05) is 5.32 Å². The monoisotopic (exact) mass is 405 g/mol. The summed E-state index contributed by atoms with van der Waals surface area (Å²) in [6.45, 7) is 3.68. The minimum atomic E-state index is -0.250. The third-order valence-electron chi connectivity index (χ3n) is 4.42. The number of benzene rings is 2. The van der Waals surface area contributed by atoms with Gasteiger partial charge in [0.15, 0.2) is 5.65 Å². The van der Waals surface area contributed by atoms with Crippen molar-refractivity contribution < 1.29 is 9.32 Å². The Labute approximate surface area is 171 Å². The third kappa shape index (κ3) is 4.09. The highest BCUT2D eigenvalue weighted by Crippen LogP contribution is 2.30. The molecule has 0 radical (unpaired) electrons. The number of carbonyl (C=O) groups excluding carboxylic acids is 1. The van der Waals surface area contributed by atoms with Crippen LogP contribution < -0.4 is 10.9 Å². The van der Waals surface area contributed by atoms with Gasteiger partial charge in [0.2, 0.25) is 0 Å². The first-order valence-electron chi connectivity index (χ1n) is 9.10. The number of amides is 1. The number of hydrogen-bond acceptors (Lipinski definition) is 5. The van der Waals surface area contributed by atoms with Gasteiger partial charge in [-0.25, -0.2) is 4.98 Å². The Morgan fingerprint density at radius 3 is 2.69 bits per heavy atom. The second kappa shape index (κ2) is 7.97. The summed E-state index contributed by atoms with van der Waals surface area (Å²) in [5.41, 5.74) is 3.18. The Bertz CT molecular complexity index is 1260. The highest BCUT2D eigenvalue weighted by Gasteiger charge is 2.12. The summed E-state index contributed by atoms with van der Waals surface area (Å²) in [4.78, 5) is 30.2. The Morgan fingerprint density at radius 2 is 1.86 bits per heavy atom. The van der Waals surface area contributed by atoms with Gasteiger partial charge in [-0.05, 0) is 37.6 Å². The summed E-state index contributed by atoms with van der Waals surface area (Å²) >= 11 is 1.51. The van der Waals surface area contributed by atoms with Crippen LogP contribution in [0.25, 0.3) is 5.65 Å². The maximum absolute atomic E-state index is 12.7. The fourth-order valence-corrected chi connectivity index (χ4v) is 3.91. The maximum atomic E-state index is 12.7. The van der Waals surface area contributed by atoms with E-state index in [1.54, 1.807) is 19.1 Å². The standard InChI is InChI=1S/C22H19N3O3S/c1-14-7-3-4-8-17(14)22(27)24-18-9-5-6-10-19(18)29-13-16-12-21(26)25-20(23-16)11-15(2)28-25/h3-12H,13H2,1-2H3,(H,24,27). The van der Waals surface area contributed by atoms with Crippen molar-refractivity contribution in [2.45, 2.75) is 24.5 Å². The van der Waals surface area contributed by atoms with E-state index in [2.05, 4.69) is 10.3 Å². The molecular formula is C22H19N3O3S. The summed E-state index contributed by atoms with van der Waals surface area (Å²) in [5, 5.41) is 2.99. The van der Waals surface area contributed by atoms with E-state index in [4.69, 9.17) is 4.52 Å². The largest absolute Gasteiger partial charge is 0.375 e. The van der Waals surface area contributed by atoms with Crippen molar-refractivity contribution in [3.63, 3.8) is 0 Å². The maximum Gasteiger partial charge on any atom is 0.287 e. The third-order valence-corrected chi connectivity index (χ3v) is 5.53. The molecule has 1 N–H and O–H groups in total. The van der Waals surface area contributed by atoms with Crippen molar-refractivity contribution in [3.8, 4) is 0 Å². The Balaban J connectivity index is 1.54. The minimum absolute atomic E-state index is 0.150. The van der Waals surface area contributed by atoms with Crippen LogP contribution in [-0.2, 0) is 5.75 Å². The van der Waals surface area contributed by atoms with Gasteiger partial charge in [0.05, 0.1) is 11.4 Å². The van der Waals surface area contributed by atoms with Crippen LogP contribution in [-0.4, -0.2) is 15.5 Å². The summed E-state index contributed by atoms with van der Waals surface area (Å²) in [5.74, 6) is 0.971. The molecule has 0 aliphatic heterocycles. The van der Waals surface area contributed by atoms with Gasteiger partial charge in [0.1, 0.15) is 5.76 Å². The zero-order valence-corrected chi connectivity index (χ0v) is 16.8. The van der Waals surface area contributed by atoms with Crippen LogP contribution in [0.1, 0.15) is 27.4 Å². The molecule has 29 heavy (non-hydrogen) atoms. The highest BCUT2D eigenvalue weighted by molar-refractivity contribution is 7.98. The van der Waals surface area contributed by atoms with Crippen LogP contribution in [0.4, 0.5) is 5.69 Å². The quantitative estimate of drug-likeness (QED) is 0.497. The average Bonchev–Trinajstić information content (AvgIpc) is 3.08. The zero-order chi connectivity index (χ0) is 20.4. The molecule has 0 bridgehead atoms. The van der Waals surface area contributed by atoms with Crippen LogP contribution in [0.2, 0.25) is 0 Å². The van der Waals surface area contributed by atoms with Crippen molar-refractivity contribution in [1.29, 1.82) is 0 Å². The molecule has 146 valence electrons. The Kier molecular flexibility index (Phi) is 5.22. The first-order valence-corrected chi connectivity index (χ1v) is 10.1. The Morgan fingerprint density at radius 1 is 1.10 bits per heavy atom. The topological polar surface area (TPSA) is 76.6 Å². The van der Waals surface area contributed by atoms with Gasteiger partial charge in [0.25, 0.3) is 11.5 Å². The summed E-state index contributed by atoms with van der Waals surface area (Å²) in [6.07, 6.45) is 0. The molecule has 0 spiro atoms. The van der Waals surface area contributed by atoms with Gasteiger partial charge < -0.3 is 9.84 Å². The fraction of sp³-hybridized carbons (Fsp3) is 0.136. The first kappa shape index (κ1) is 19.0. The minimum Gasteiger partial charge on any atom is -0.375 e. The fourth-order valence-electron chi connectivity index (χ4n) is 3.01. The van der Waals surface area contributed by atoms with Gasteiger partial charge >= 0.3 is 0 Å². The molecule has 4 rings (SSSR count). The van der Waals surface area contributed by atoms with Gasteiger partial charge in [-0.1, -0.05) is 30.3 Å². The number of carbonyl (C=O) groups is 1. The molecule has 2 aromatic heterocycles. The summed E-state index contributed by atoms with van der Waals surface area (Å²) in [6, 6.07) is 18.3. The molecule has 0 aliphatic carbocycles. The predicted molar refractivity (Wildman–Crippen MR) is 114 cm³/mol. The van der Waals surface area contributed by atoms with E-state index in [0.717, 1.165) is 16.1 Å². The number of aromatic nitrogens is 2. The zero-order valence-electron chi connectivity index (χ0n) is 16.0. The SMILES string of the molecule is Cc1cc2nc(CSc3ccccc3NC(=O)c3ccccc3C)cc(=O)n2o1. The molecule has 7 heteroatoms. The summed E-state index contributed by atoms with van der Waals surface area (Å²) < 4.78 is 6.50. The van der Waals surface area contributed by atoms with Crippen LogP contribution in [0.15, 0.2) is 74.9 Å².